The summed E-state index contributed by atoms with van der Waals surface area (Å²) in [5.41, 5.74) is 7.86. The molecule has 1 aromatic carbocycles. The number of likely N-dealkylation sites (tertiary alicyclic amines) is 1. The van der Waals surface area contributed by atoms with Crippen LogP contribution < -0.4 is 11.1 Å². The normalized spacial score (nSPS) is 14.6. The monoisotopic (exact) mass is 245 g/mol. The number of rotatable bonds is 4. The highest BCUT2D eigenvalue weighted by molar-refractivity contribution is 6.00. The Hall–Kier alpha value is -1.97. The van der Waals surface area contributed by atoms with E-state index in [0.29, 0.717) is 17.8 Å². The summed E-state index contributed by atoms with van der Waals surface area (Å²) in [6, 6.07) is 5.39. The molecule has 1 fully saturated rings. The van der Waals surface area contributed by atoms with Crippen LogP contribution in [0.25, 0.3) is 0 Å². The van der Waals surface area contributed by atoms with Gasteiger partial charge >= 0.3 is 0 Å². The van der Waals surface area contributed by atoms with Crippen LogP contribution in [-0.2, 0) is 0 Å². The number of carbonyl (C=O) groups excluding carboxylic acids is 1. The second-order valence-electron chi connectivity index (χ2n) is 4.47. The number of hydrogen-bond acceptors (Lipinski definition) is 3. The van der Waals surface area contributed by atoms with Gasteiger partial charge in [0.1, 0.15) is 0 Å². The van der Waals surface area contributed by atoms with Gasteiger partial charge in [0.25, 0.3) is 5.91 Å². The van der Waals surface area contributed by atoms with Crippen molar-refractivity contribution < 1.29 is 4.79 Å². The predicted molar refractivity (Wildman–Crippen MR) is 74.7 cm³/mol. The molecule has 1 aliphatic heterocycles. The zero-order valence-electron chi connectivity index (χ0n) is 10.5. The topological polar surface area (TPSA) is 58.4 Å². The fraction of sp³-hybridized carbons (Fsp3) is 0.357. The first kappa shape index (κ1) is 12.5. The van der Waals surface area contributed by atoms with E-state index in [1.807, 2.05) is 11.0 Å². The van der Waals surface area contributed by atoms with E-state index in [0.717, 1.165) is 31.6 Å². The number of nitrogens with two attached hydrogens (primary N) is 1. The van der Waals surface area contributed by atoms with Gasteiger partial charge in [-0.1, -0.05) is 6.08 Å². The minimum Gasteiger partial charge on any atom is -0.399 e. The molecule has 0 aliphatic carbocycles. The molecule has 0 aromatic heterocycles. The molecule has 0 radical (unpaired) electrons. The smallest absolute Gasteiger partial charge is 0.256 e. The largest absolute Gasteiger partial charge is 0.399 e. The Bertz CT molecular complexity index is 450. The second-order valence-corrected chi connectivity index (χ2v) is 4.47. The van der Waals surface area contributed by atoms with Crippen molar-refractivity contribution in [1.29, 1.82) is 0 Å². The van der Waals surface area contributed by atoms with Crippen molar-refractivity contribution >= 4 is 17.3 Å². The van der Waals surface area contributed by atoms with Gasteiger partial charge in [0.05, 0.1) is 5.56 Å². The maximum Gasteiger partial charge on any atom is 0.256 e. The first-order valence-electron chi connectivity index (χ1n) is 6.26. The van der Waals surface area contributed by atoms with Crippen LogP contribution in [0.1, 0.15) is 23.2 Å². The Morgan fingerprint density at radius 2 is 2.17 bits per heavy atom. The zero-order valence-corrected chi connectivity index (χ0v) is 10.5. The van der Waals surface area contributed by atoms with Gasteiger partial charge in [-0.25, -0.2) is 0 Å². The molecule has 18 heavy (non-hydrogen) atoms. The van der Waals surface area contributed by atoms with Gasteiger partial charge in [0, 0.05) is 31.0 Å². The van der Waals surface area contributed by atoms with E-state index in [4.69, 9.17) is 5.73 Å². The van der Waals surface area contributed by atoms with Crippen molar-refractivity contribution in [2.24, 2.45) is 0 Å². The molecular formula is C14H19N3O. The lowest BCUT2D eigenvalue weighted by molar-refractivity contribution is 0.0794. The van der Waals surface area contributed by atoms with Crippen LogP contribution in [0, 0.1) is 0 Å². The summed E-state index contributed by atoms with van der Waals surface area (Å²) in [4.78, 5) is 14.3. The highest BCUT2D eigenvalue weighted by Gasteiger charge is 2.21. The maximum absolute atomic E-state index is 12.4. The summed E-state index contributed by atoms with van der Waals surface area (Å²) in [6.45, 7) is 5.98. The molecule has 4 heteroatoms. The number of hydrogen-bond donors (Lipinski definition) is 2. The van der Waals surface area contributed by atoms with Gasteiger partial charge in [0.2, 0.25) is 0 Å². The number of amides is 1. The average molecular weight is 245 g/mol. The molecule has 1 aliphatic rings. The fourth-order valence-corrected chi connectivity index (χ4v) is 2.17. The summed E-state index contributed by atoms with van der Waals surface area (Å²) in [5.74, 6) is 0.0614. The maximum atomic E-state index is 12.4. The molecular weight excluding hydrogens is 226 g/mol. The summed E-state index contributed by atoms with van der Waals surface area (Å²) in [7, 11) is 0. The summed E-state index contributed by atoms with van der Waals surface area (Å²) in [5, 5.41) is 3.17. The standard InChI is InChI=1S/C14H19N3O/c1-2-7-16-13-6-5-11(15)10-12(13)14(18)17-8-3-4-9-17/h2,5-6,10,16H,1,3-4,7-9,15H2. The van der Waals surface area contributed by atoms with E-state index in [1.54, 1.807) is 18.2 Å². The van der Waals surface area contributed by atoms with Gasteiger partial charge in [0.15, 0.2) is 0 Å². The summed E-state index contributed by atoms with van der Waals surface area (Å²) >= 11 is 0. The van der Waals surface area contributed by atoms with E-state index in [9.17, 15) is 4.79 Å². The van der Waals surface area contributed by atoms with Gasteiger partial charge in [-0.05, 0) is 31.0 Å². The SMILES string of the molecule is C=CCNc1ccc(N)cc1C(=O)N1CCCC1. The van der Waals surface area contributed by atoms with Gasteiger partial charge in [-0.15, -0.1) is 6.58 Å². The average Bonchev–Trinajstić information content (AvgIpc) is 2.90. The molecule has 4 nitrogen and oxygen atoms in total. The highest BCUT2D eigenvalue weighted by atomic mass is 16.2. The second kappa shape index (κ2) is 5.58. The first-order chi connectivity index (χ1) is 8.72. The van der Waals surface area contributed by atoms with Crippen LogP contribution in [-0.4, -0.2) is 30.4 Å². The predicted octanol–water partition coefficient (Wildman–Crippen LogP) is 2.10. The highest BCUT2D eigenvalue weighted by Crippen LogP contribution is 2.22. The van der Waals surface area contributed by atoms with Crippen molar-refractivity contribution in [3.8, 4) is 0 Å². The van der Waals surface area contributed by atoms with Crippen LogP contribution in [0.5, 0.6) is 0 Å². The number of nitrogen functional groups attached to an aromatic ring is 1. The third-order valence-corrected chi connectivity index (χ3v) is 3.10. The Kier molecular flexibility index (Phi) is 3.87. The van der Waals surface area contributed by atoms with Crippen molar-refractivity contribution in [2.75, 3.05) is 30.7 Å². The molecule has 1 aromatic rings. The fourth-order valence-electron chi connectivity index (χ4n) is 2.17. The van der Waals surface area contributed by atoms with E-state index < -0.39 is 0 Å². The Morgan fingerprint density at radius 3 is 2.83 bits per heavy atom. The third-order valence-electron chi connectivity index (χ3n) is 3.10. The molecule has 2 rings (SSSR count). The number of nitrogens with zero attached hydrogens (tertiary/aromatic N) is 1. The molecule has 0 saturated carbocycles. The van der Waals surface area contributed by atoms with E-state index >= 15 is 0 Å². The number of benzene rings is 1. The number of anilines is 2. The minimum atomic E-state index is 0.0614. The number of nitrogens with one attached hydrogen (secondary N) is 1. The summed E-state index contributed by atoms with van der Waals surface area (Å²) in [6.07, 6.45) is 3.94. The zero-order chi connectivity index (χ0) is 13.0. The quantitative estimate of drug-likeness (QED) is 0.631. The van der Waals surface area contributed by atoms with Crippen molar-refractivity contribution in [1.82, 2.24) is 4.90 Å². The molecule has 0 atom stereocenters. The first-order valence-corrected chi connectivity index (χ1v) is 6.26. The molecule has 0 unspecified atom stereocenters. The van der Waals surface area contributed by atoms with Gasteiger partial charge < -0.3 is 16.0 Å². The lowest BCUT2D eigenvalue weighted by Gasteiger charge is -2.18. The van der Waals surface area contributed by atoms with Crippen molar-refractivity contribution in [3.05, 3.63) is 36.4 Å². The van der Waals surface area contributed by atoms with Gasteiger partial charge in [-0.2, -0.15) is 0 Å². The lowest BCUT2D eigenvalue weighted by Crippen LogP contribution is -2.28. The van der Waals surface area contributed by atoms with Crippen molar-refractivity contribution in [3.63, 3.8) is 0 Å². The van der Waals surface area contributed by atoms with Crippen molar-refractivity contribution in [2.45, 2.75) is 12.8 Å². The van der Waals surface area contributed by atoms with E-state index in [2.05, 4.69) is 11.9 Å². The molecule has 3 N–H and O–H groups in total. The molecule has 0 spiro atoms. The molecule has 96 valence electrons. The van der Waals surface area contributed by atoms with E-state index in [-0.39, 0.29) is 5.91 Å². The Labute approximate surface area is 107 Å². The molecule has 1 heterocycles. The molecule has 1 saturated heterocycles. The van der Waals surface area contributed by atoms with E-state index in [1.165, 1.54) is 0 Å². The van der Waals surface area contributed by atoms with Crippen LogP contribution in [0.15, 0.2) is 30.9 Å². The third kappa shape index (κ3) is 2.64. The lowest BCUT2D eigenvalue weighted by atomic mass is 10.1. The Morgan fingerprint density at radius 1 is 1.44 bits per heavy atom. The Balaban J connectivity index is 2.25. The van der Waals surface area contributed by atoms with Crippen LogP contribution in [0.3, 0.4) is 0 Å². The summed E-state index contributed by atoms with van der Waals surface area (Å²) < 4.78 is 0. The van der Waals surface area contributed by atoms with Crippen LogP contribution in [0.2, 0.25) is 0 Å². The van der Waals surface area contributed by atoms with Crippen LogP contribution in [0.4, 0.5) is 11.4 Å². The minimum absolute atomic E-state index is 0.0614. The van der Waals surface area contributed by atoms with Gasteiger partial charge in [-0.3, -0.25) is 4.79 Å². The van der Waals surface area contributed by atoms with Crippen LogP contribution >= 0.6 is 0 Å². The molecule has 0 bridgehead atoms. The molecule has 1 amide bonds. The number of carbonyl (C=O) groups is 1.